The van der Waals surface area contributed by atoms with Crippen molar-refractivity contribution in [1.29, 1.82) is 5.26 Å². The zero-order valence-corrected chi connectivity index (χ0v) is 16.6. The molecule has 0 fully saturated rings. The van der Waals surface area contributed by atoms with E-state index in [2.05, 4.69) is 15.3 Å². The van der Waals surface area contributed by atoms with E-state index in [0.717, 1.165) is 23.9 Å². The molecule has 0 spiro atoms. The van der Waals surface area contributed by atoms with Crippen LogP contribution in [0, 0.1) is 17.2 Å². The number of thioether (sulfide) groups is 1. The van der Waals surface area contributed by atoms with E-state index in [1.807, 2.05) is 6.07 Å². The second kappa shape index (κ2) is 9.00. The highest BCUT2D eigenvalue weighted by molar-refractivity contribution is 7.98. The van der Waals surface area contributed by atoms with E-state index >= 15 is 0 Å². The van der Waals surface area contributed by atoms with Gasteiger partial charge in [-0.05, 0) is 30.4 Å². The fourth-order valence-electron chi connectivity index (χ4n) is 2.36. The summed E-state index contributed by atoms with van der Waals surface area (Å²) in [5.74, 6) is -1.38. The molecule has 2 aromatic rings. The first-order valence-electron chi connectivity index (χ1n) is 8.33. The average Bonchev–Trinajstić information content (AvgIpc) is 2.64. The van der Waals surface area contributed by atoms with Crippen LogP contribution in [0.2, 0.25) is 0 Å². The van der Waals surface area contributed by atoms with Crippen LogP contribution in [-0.4, -0.2) is 28.2 Å². The summed E-state index contributed by atoms with van der Waals surface area (Å²) in [5, 5.41) is 12.1. The van der Waals surface area contributed by atoms with Gasteiger partial charge in [0.05, 0.1) is 5.56 Å². The Balaban J connectivity index is 2.31. The van der Waals surface area contributed by atoms with Crippen LogP contribution in [0.3, 0.4) is 0 Å². The fourth-order valence-corrected chi connectivity index (χ4v) is 2.89. The summed E-state index contributed by atoms with van der Waals surface area (Å²) in [6, 6.07) is 6.16. The molecule has 1 amide bonds. The highest BCUT2D eigenvalue weighted by atomic mass is 32.2. The Morgan fingerprint density at radius 3 is 2.59 bits per heavy atom. The number of anilines is 2. The van der Waals surface area contributed by atoms with Gasteiger partial charge in [0.1, 0.15) is 16.7 Å². The first-order valence-corrected chi connectivity index (χ1v) is 9.55. The molecular formula is C18H18F3N5O2S. The number of aromatic nitrogens is 2. The van der Waals surface area contributed by atoms with Crippen LogP contribution in [0.15, 0.2) is 29.3 Å². The first kappa shape index (κ1) is 22.3. The van der Waals surface area contributed by atoms with Gasteiger partial charge >= 0.3 is 6.18 Å². The number of ether oxygens (including phenoxy) is 1. The van der Waals surface area contributed by atoms with Crippen molar-refractivity contribution in [2.24, 2.45) is 5.92 Å². The molecule has 0 bridgehead atoms. The van der Waals surface area contributed by atoms with Crippen molar-refractivity contribution in [3.05, 3.63) is 35.4 Å². The monoisotopic (exact) mass is 425 g/mol. The maximum Gasteiger partial charge on any atom is 0.416 e. The number of nitrogens with zero attached hydrogens (tertiary/aromatic N) is 3. The number of carbonyl (C=O) groups is 1. The van der Waals surface area contributed by atoms with Gasteiger partial charge in [-0.25, -0.2) is 4.98 Å². The molecule has 1 heterocycles. The minimum absolute atomic E-state index is 0.0178. The molecular weight excluding hydrogens is 407 g/mol. The molecule has 1 atom stereocenters. The number of hydrogen-bond donors (Lipinski definition) is 2. The second-order valence-corrected chi connectivity index (χ2v) is 7.03. The SMILES string of the molecule is CSc1nc(N)nc(O[C@H](C(=O)Nc2cccc(C(F)(F)F)c2)C(C)C)c1C#N. The molecule has 0 saturated carbocycles. The smallest absolute Gasteiger partial charge is 0.416 e. The molecule has 0 aliphatic heterocycles. The summed E-state index contributed by atoms with van der Waals surface area (Å²) in [4.78, 5) is 20.5. The van der Waals surface area contributed by atoms with Gasteiger partial charge in [0, 0.05) is 5.69 Å². The Hall–Kier alpha value is -3.00. The predicted molar refractivity (Wildman–Crippen MR) is 102 cm³/mol. The molecule has 0 aliphatic rings. The molecule has 0 unspecified atom stereocenters. The third kappa shape index (κ3) is 5.51. The van der Waals surface area contributed by atoms with E-state index in [4.69, 9.17) is 10.5 Å². The van der Waals surface area contributed by atoms with Crippen LogP contribution < -0.4 is 15.8 Å². The minimum Gasteiger partial charge on any atom is -0.463 e. The Bertz CT molecular complexity index is 944. The van der Waals surface area contributed by atoms with Crippen molar-refractivity contribution >= 4 is 29.3 Å². The molecule has 154 valence electrons. The van der Waals surface area contributed by atoms with E-state index in [-0.39, 0.29) is 34.0 Å². The molecule has 0 aliphatic carbocycles. The number of carbonyl (C=O) groups excluding carboxylic acids is 1. The van der Waals surface area contributed by atoms with Crippen molar-refractivity contribution in [2.75, 3.05) is 17.3 Å². The highest BCUT2D eigenvalue weighted by Gasteiger charge is 2.31. The number of nitrogens with one attached hydrogen (secondary N) is 1. The van der Waals surface area contributed by atoms with Gasteiger partial charge < -0.3 is 15.8 Å². The highest BCUT2D eigenvalue weighted by Crippen LogP contribution is 2.31. The van der Waals surface area contributed by atoms with Gasteiger partial charge in [-0.2, -0.15) is 23.4 Å². The minimum atomic E-state index is -4.54. The standard InChI is InChI=1S/C18H18F3N5O2S/c1-9(2)13(28-15-12(8-22)16(29-3)26-17(23)25-15)14(27)24-11-6-4-5-10(7-11)18(19,20)21/h4-7,9,13H,1-3H3,(H,24,27)(H2,23,25,26)/t13-/m0/s1. The lowest BCUT2D eigenvalue weighted by molar-refractivity contribution is -0.137. The molecule has 11 heteroatoms. The van der Waals surface area contributed by atoms with Crippen LogP contribution >= 0.6 is 11.8 Å². The van der Waals surface area contributed by atoms with E-state index < -0.39 is 23.8 Å². The molecule has 7 nitrogen and oxygen atoms in total. The summed E-state index contributed by atoms with van der Waals surface area (Å²) in [6.45, 7) is 3.37. The van der Waals surface area contributed by atoms with Crippen molar-refractivity contribution in [3.63, 3.8) is 0 Å². The van der Waals surface area contributed by atoms with Gasteiger partial charge in [0.2, 0.25) is 11.8 Å². The number of nitrogens with two attached hydrogens (primary N) is 1. The van der Waals surface area contributed by atoms with Crippen LogP contribution in [-0.2, 0) is 11.0 Å². The molecule has 2 rings (SSSR count). The summed E-state index contributed by atoms with van der Waals surface area (Å²) in [6.07, 6.45) is -3.99. The van der Waals surface area contributed by atoms with Gasteiger partial charge in [-0.15, -0.1) is 11.8 Å². The fraction of sp³-hybridized carbons (Fsp3) is 0.333. The number of halogens is 3. The van der Waals surface area contributed by atoms with Gasteiger partial charge in [0.25, 0.3) is 5.91 Å². The first-order chi connectivity index (χ1) is 13.6. The molecule has 1 aromatic heterocycles. The molecule has 0 saturated heterocycles. The van der Waals surface area contributed by atoms with Crippen LogP contribution in [0.4, 0.5) is 24.8 Å². The zero-order valence-electron chi connectivity index (χ0n) is 15.7. The number of alkyl halides is 3. The van der Waals surface area contributed by atoms with E-state index in [9.17, 15) is 23.2 Å². The summed E-state index contributed by atoms with van der Waals surface area (Å²) in [5.41, 5.74) is 4.73. The van der Waals surface area contributed by atoms with Gasteiger partial charge in [0.15, 0.2) is 6.10 Å². The predicted octanol–water partition coefficient (Wildman–Crippen LogP) is 3.71. The molecule has 29 heavy (non-hydrogen) atoms. The van der Waals surface area contributed by atoms with Crippen molar-refractivity contribution in [2.45, 2.75) is 31.2 Å². The number of nitriles is 1. The number of rotatable bonds is 6. The van der Waals surface area contributed by atoms with Gasteiger partial charge in [-0.1, -0.05) is 19.9 Å². The van der Waals surface area contributed by atoms with E-state index in [1.54, 1.807) is 20.1 Å². The maximum absolute atomic E-state index is 12.9. The van der Waals surface area contributed by atoms with Gasteiger partial charge in [-0.3, -0.25) is 4.79 Å². The maximum atomic E-state index is 12.9. The van der Waals surface area contributed by atoms with E-state index in [0.29, 0.717) is 0 Å². The second-order valence-electron chi connectivity index (χ2n) is 6.23. The van der Waals surface area contributed by atoms with Crippen molar-refractivity contribution in [3.8, 4) is 11.9 Å². The molecule has 1 aromatic carbocycles. The number of benzene rings is 1. The third-order valence-electron chi connectivity index (χ3n) is 3.73. The number of hydrogen-bond acceptors (Lipinski definition) is 7. The van der Waals surface area contributed by atoms with E-state index in [1.165, 1.54) is 12.1 Å². The summed E-state index contributed by atoms with van der Waals surface area (Å²) in [7, 11) is 0. The zero-order chi connectivity index (χ0) is 21.8. The number of amides is 1. The Kier molecular flexibility index (Phi) is 6.92. The van der Waals surface area contributed by atoms with Crippen molar-refractivity contribution in [1.82, 2.24) is 9.97 Å². The molecule has 0 radical (unpaired) electrons. The topological polar surface area (TPSA) is 114 Å². The van der Waals surface area contributed by atoms with Crippen LogP contribution in [0.25, 0.3) is 0 Å². The van der Waals surface area contributed by atoms with Crippen molar-refractivity contribution < 1.29 is 22.7 Å². The van der Waals surface area contributed by atoms with Crippen LogP contribution in [0.1, 0.15) is 25.0 Å². The normalized spacial score (nSPS) is 12.3. The lowest BCUT2D eigenvalue weighted by Gasteiger charge is -2.22. The third-order valence-corrected chi connectivity index (χ3v) is 4.41. The molecule has 3 N–H and O–H groups in total. The Morgan fingerprint density at radius 1 is 1.34 bits per heavy atom. The largest absolute Gasteiger partial charge is 0.463 e. The summed E-state index contributed by atoms with van der Waals surface area (Å²) >= 11 is 1.16. The lowest BCUT2D eigenvalue weighted by atomic mass is 10.1. The number of nitrogen functional groups attached to an aromatic ring is 1. The lowest BCUT2D eigenvalue weighted by Crippen LogP contribution is -2.37. The van der Waals surface area contributed by atoms with Crippen LogP contribution in [0.5, 0.6) is 5.88 Å². The Labute approximate surface area is 169 Å². The quantitative estimate of drug-likeness (QED) is 0.536. The average molecular weight is 425 g/mol. The summed E-state index contributed by atoms with van der Waals surface area (Å²) < 4.78 is 44.3. The Morgan fingerprint density at radius 2 is 2.03 bits per heavy atom.